The molecule has 2 amide bonds. The Bertz CT molecular complexity index is 1480. The van der Waals surface area contributed by atoms with Crippen LogP contribution in [0.2, 0.25) is 0 Å². The van der Waals surface area contributed by atoms with E-state index >= 15 is 0 Å². The van der Waals surface area contributed by atoms with E-state index in [1.165, 1.54) is 6.07 Å². The number of hydrogen-bond acceptors (Lipinski definition) is 10. The van der Waals surface area contributed by atoms with Crippen LogP contribution in [0.15, 0.2) is 41.2 Å². The number of aromatic nitrogens is 3. The summed E-state index contributed by atoms with van der Waals surface area (Å²) in [5.41, 5.74) is 5.93. The molecule has 204 valence electrons. The maximum absolute atomic E-state index is 12.8. The molecule has 2 aliphatic heterocycles. The topological polar surface area (TPSA) is 163 Å². The number of rotatable bonds is 8. The monoisotopic (exact) mass is 535 g/mol. The minimum absolute atomic E-state index is 0.0608. The lowest BCUT2D eigenvalue weighted by Gasteiger charge is -2.33. The van der Waals surface area contributed by atoms with E-state index < -0.39 is 6.09 Å². The lowest BCUT2D eigenvalue weighted by atomic mass is 9.88. The highest BCUT2D eigenvalue weighted by atomic mass is 16.6. The van der Waals surface area contributed by atoms with Crippen LogP contribution in [0.4, 0.5) is 16.4 Å². The minimum Gasteiger partial charge on any atom is -0.480 e. The Labute approximate surface area is 223 Å². The zero-order valence-corrected chi connectivity index (χ0v) is 21.2. The Hall–Kier alpha value is -4.23. The third kappa shape index (κ3) is 4.98. The third-order valence-electron chi connectivity index (χ3n) is 7.19. The summed E-state index contributed by atoms with van der Waals surface area (Å²) in [5, 5.41) is 7.03. The highest BCUT2D eigenvalue weighted by Crippen LogP contribution is 2.37. The van der Waals surface area contributed by atoms with Crippen molar-refractivity contribution in [1.82, 2.24) is 19.9 Å². The highest BCUT2D eigenvalue weighted by molar-refractivity contribution is 5.95. The number of nitrogens with two attached hydrogens (primary N) is 1. The predicted molar refractivity (Wildman–Crippen MR) is 141 cm³/mol. The van der Waals surface area contributed by atoms with Gasteiger partial charge in [-0.15, -0.1) is 0 Å². The second-order valence-corrected chi connectivity index (χ2v) is 9.70. The van der Waals surface area contributed by atoms with E-state index in [2.05, 4.69) is 20.6 Å². The van der Waals surface area contributed by atoms with E-state index in [4.69, 9.17) is 19.9 Å². The Kier molecular flexibility index (Phi) is 6.75. The summed E-state index contributed by atoms with van der Waals surface area (Å²) < 4.78 is 18.3. The molecule has 2 fully saturated rings. The van der Waals surface area contributed by atoms with Crippen LogP contribution >= 0.6 is 0 Å². The predicted octanol–water partition coefficient (Wildman–Crippen LogP) is 0.996. The number of carbonyl (C=O) groups excluding carboxylic acids is 2. The van der Waals surface area contributed by atoms with Gasteiger partial charge in [0, 0.05) is 49.6 Å². The molecule has 13 nitrogen and oxygen atoms in total. The molecular weight excluding hydrogens is 506 g/mol. The number of anilines is 2. The van der Waals surface area contributed by atoms with Gasteiger partial charge in [-0.3, -0.25) is 19.1 Å². The van der Waals surface area contributed by atoms with Crippen molar-refractivity contribution in [3.05, 3.63) is 46.8 Å². The molecule has 0 radical (unpaired) electrons. The fraction of sp³-hybridized carbons (Fsp3) is 0.423. The molecule has 1 saturated carbocycles. The summed E-state index contributed by atoms with van der Waals surface area (Å²) in [6.07, 6.45) is 1.42. The number of nitrogens with one attached hydrogen (secondary N) is 2. The molecular formula is C26H29N7O6. The number of ether oxygens (including phenoxy) is 3. The number of carbonyl (C=O) groups is 2. The molecule has 6 rings (SSSR count). The van der Waals surface area contributed by atoms with Crippen LogP contribution in [-0.2, 0) is 16.1 Å². The van der Waals surface area contributed by atoms with Gasteiger partial charge in [0.2, 0.25) is 5.88 Å². The van der Waals surface area contributed by atoms with Gasteiger partial charge < -0.3 is 30.6 Å². The van der Waals surface area contributed by atoms with Gasteiger partial charge in [0.25, 0.3) is 11.5 Å². The Balaban J connectivity index is 1.10. The van der Waals surface area contributed by atoms with Crippen LogP contribution < -0.4 is 36.3 Å². The zero-order chi connectivity index (χ0) is 26.9. The van der Waals surface area contributed by atoms with E-state index in [-0.39, 0.29) is 36.3 Å². The third-order valence-corrected chi connectivity index (χ3v) is 7.19. The number of nitrogens with zero attached hydrogens (tertiary/aromatic N) is 4. The first-order chi connectivity index (χ1) is 19.0. The molecule has 1 aliphatic carbocycles. The molecule has 0 unspecified atom stereocenters. The van der Waals surface area contributed by atoms with Gasteiger partial charge in [-0.1, -0.05) is 0 Å². The van der Waals surface area contributed by atoms with E-state index in [1.54, 1.807) is 33.7 Å². The van der Waals surface area contributed by atoms with E-state index in [9.17, 15) is 14.4 Å². The molecule has 3 aromatic rings. The van der Waals surface area contributed by atoms with Crippen molar-refractivity contribution < 1.29 is 23.8 Å². The summed E-state index contributed by atoms with van der Waals surface area (Å²) in [4.78, 5) is 47.6. The quantitative estimate of drug-likeness (QED) is 0.379. The first-order valence-electron chi connectivity index (χ1n) is 13.0. The molecule has 3 aliphatic rings. The molecule has 0 bridgehead atoms. The molecule has 3 atom stereocenters. The standard InChI is InChI=1S/C26H29N7O6/c27-9-12-37-22-7-1-15-2-8-23(35)32(25(15)31-22)11-10-28-16-3-4-17-19(13-16)39-26(36)33(17)20-6-5-18-24(29-20)30-21(34)14-38-18/h1-2,5-8,16-17,19,28H,3-4,9-14,27H2,(H,29,30,34)/t16-,17-,19+/m0/s1. The summed E-state index contributed by atoms with van der Waals surface area (Å²) >= 11 is 0. The number of amides is 2. The van der Waals surface area contributed by atoms with Crippen LogP contribution in [0.3, 0.4) is 0 Å². The van der Waals surface area contributed by atoms with Crippen molar-refractivity contribution in [2.24, 2.45) is 5.73 Å². The number of hydrogen-bond donors (Lipinski definition) is 3. The summed E-state index contributed by atoms with van der Waals surface area (Å²) in [6.45, 7) is 1.62. The largest absolute Gasteiger partial charge is 0.480 e. The van der Waals surface area contributed by atoms with Gasteiger partial charge in [0.1, 0.15) is 24.2 Å². The first kappa shape index (κ1) is 25.1. The van der Waals surface area contributed by atoms with Gasteiger partial charge in [0.15, 0.2) is 18.2 Å². The van der Waals surface area contributed by atoms with Crippen molar-refractivity contribution in [2.45, 2.75) is 44.0 Å². The molecule has 39 heavy (non-hydrogen) atoms. The maximum Gasteiger partial charge on any atom is 0.416 e. The first-order valence-corrected chi connectivity index (χ1v) is 13.0. The van der Waals surface area contributed by atoms with Crippen molar-refractivity contribution in [3.8, 4) is 11.6 Å². The lowest BCUT2D eigenvalue weighted by molar-refractivity contribution is -0.118. The molecule has 1 saturated heterocycles. The molecule has 3 aromatic heterocycles. The Morgan fingerprint density at radius 3 is 2.85 bits per heavy atom. The van der Waals surface area contributed by atoms with E-state index in [0.717, 1.165) is 11.8 Å². The van der Waals surface area contributed by atoms with Gasteiger partial charge in [-0.25, -0.2) is 9.78 Å². The van der Waals surface area contributed by atoms with Gasteiger partial charge in [-0.2, -0.15) is 4.98 Å². The Morgan fingerprint density at radius 2 is 1.97 bits per heavy atom. The fourth-order valence-electron chi connectivity index (χ4n) is 5.38. The van der Waals surface area contributed by atoms with Gasteiger partial charge in [-0.05, 0) is 37.1 Å². The van der Waals surface area contributed by atoms with Crippen LogP contribution in [-0.4, -0.2) is 71.0 Å². The van der Waals surface area contributed by atoms with Crippen LogP contribution in [0.5, 0.6) is 11.6 Å². The van der Waals surface area contributed by atoms with Crippen molar-refractivity contribution in [3.63, 3.8) is 0 Å². The van der Waals surface area contributed by atoms with Crippen molar-refractivity contribution in [2.75, 3.05) is 36.5 Å². The molecule has 0 aromatic carbocycles. The van der Waals surface area contributed by atoms with Crippen LogP contribution in [0.25, 0.3) is 11.0 Å². The maximum atomic E-state index is 12.8. The van der Waals surface area contributed by atoms with Crippen LogP contribution in [0.1, 0.15) is 19.3 Å². The van der Waals surface area contributed by atoms with Gasteiger partial charge in [0.05, 0.1) is 6.04 Å². The smallest absolute Gasteiger partial charge is 0.416 e. The van der Waals surface area contributed by atoms with Crippen molar-refractivity contribution >= 4 is 34.7 Å². The molecule has 13 heteroatoms. The van der Waals surface area contributed by atoms with E-state index in [0.29, 0.717) is 68.0 Å². The summed E-state index contributed by atoms with van der Waals surface area (Å²) in [6, 6.07) is 10.3. The lowest BCUT2D eigenvalue weighted by Crippen LogP contribution is -2.46. The average molecular weight is 536 g/mol. The number of pyridine rings is 3. The Morgan fingerprint density at radius 1 is 1.10 bits per heavy atom. The summed E-state index contributed by atoms with van der Waals surface area (Å²) in [5.74, 6) is 1.32. The zero-order valence-electron chi connectivity index (χ0n) is 21.2. The fourth-order valence-corrected chi connectivity index (χ4v) is 5.38. The second kappa shape index (κ2) is 10.5. The molecule has 0 spiro atoms. The highest BCUT2D eigenvalue weighted by Gasteiger charge is 2.46. The van der Waals surface area contributed by atoms with E-state index in [1.807, 2.05) is 6.07 Å². The van der Waals surface area contributed by atoms with Crippen molar-refractivity contribution in [1.29, 1.82) is 0 Å². The second-order valence-electron chi connectivity index (χ2n) is 9.70. The summed E-state index contributed by atoms with van der Waals surface area (Å²) in [7, 11) is 0. The minimum atomic E-state index is -0.456. The van der Waals surface area contributed by atoms with Gasteiger partial charge >= 0.3 is 6.09 Å². The average Bonchev–Trinajstić information content (AvgIpc) is 3.27. The SMILES string of the molecule is NCCOc1ccc2ccc(=O)n(CCN[C@H]3CC[C@H]4[C@@H](C3)OC(=O)N4c3ccc4c(n3)NC(=O)CO4)c2n1. The van der Waals surface area contributed by atoms with Crippen LogP contribution in [0, 0.1) is 0 Å². The molecule has 5 heterocycles. The number of fused-ring (bicyclic) bond motifs is 3. The normalized spacial score (nSPS) is 22.1. The molecule has 4 N–H and O–H groups in total.